The summed E-state index contributed by atoms with van der Waals surface area (Å²) in [4.78, 5) is 48.5. The van der Waals surface area contributed by atoms with Crippen LogP contribution in [0, 0.1) is 23.7 Å². The van der Waals surface area contributed by atoms with Crippen LogP contribution in [0.1, 0.15) is 40.5 Å². The molecule has 3 amide bonds. The predicted octanol–water partition coefficient (Wildman–Crippen LogP) is 4.42. The van der Waals surface area contributed by atoms with E-state index in [0.717, 1.165) is 10.8 Å². The van der Waals surface area contributed by atoms with Gasteiger partial charge in [0.1, 0.15) is 11.6 Å². The average molecular weight is 588 g/mol. The number of rotatable bonds is 11. The second kappa shape index (κ2) is 11.5. The number of nitrogens with zero attached hydrogens (tertiary/aromatic N) is 3. The van der Waals surface area contributed by atoms with Crippen molar-refractivity contribution in [3.63, 3.8) is 0 Å². The van der Waals surface area contributed by atoms with Crippen molar-refractivity contribution in [2.75, 3.05) is 31.6 Å². The van der Waals surface area contributed by atoms with Gasteiger partial charge in [0.2, 0.25) is 11.8 Å². The van der Waals surface area contributed by atoms with E-state index in [-0.39, 0.29) is 42.7 Å². The first kappa shape index (κ1) is 31.0. The average Bonchev–Trinajstić information content (AvgIpc) is 3.50. The molecule has 230 valence electrons. The number of carbonyl (C=O) groups excluding carboxylic acids is 3. The largest absolute Gasteiger partial charge is 0.394 e. The molecule has 3 aliphatic heterocycles. The SMILES string of the molecule is C=CCN(C)C(=O)[C@H]1[C@H]2C(=O)N([C@@H](CO)CC(C)C)C(C(=O)N(CC=C)c3ccc4ccccc4c3)C23CC(C)[C@]1(C)O3. The highest BCUT2D eigenvalue weighted by Gasteiger charge is 2.80. The number of aliphatic hydroxyl groups excluding tert-OH is 1. The van der Waals surface area contributed by atoms with E-state index >= 15 is 0 Å². The fraction of sp³-hybridized carbons (Fsp3) is 0.514. The van der Waals surface area contributed by atoms with Crippen LogP contribution >= 0.6 is 0 Å². The van der Waals surface area contributed by atoms with Gasteiger partial charge in [-0.3, -0.25) is 14.4 Å². The van der Waals surface area contributed by atoms with Gasteiger partial charge in [0.25, 0.3) is 5.91 Å². The van der Waals surface area contributed by atoms with Crippen LogP contribution in [-0.2, 0) is 19.1 Å². The Morgan fingerprint density at radius 3 is 2.42 bits per heavy atom. The molecule has 0 aliphatic carbocycles. The lowest BCUT2D eigenvalue weighted by Crippen LogP contribution is -2.59. The first-order valence-corrected chi connectivity index (χ1v) is 15.3. The fourth-order valence-electron chi connectivity index (χ4n) is 8.01. The van der Waals surface area contributed by atoms with Gasteiger partial charge in [-0.15, -0.1) is 13.2 Å². The van der Waals surface area contributed by atoms with Gasteiger partial charge < -0.3 is 24.5 Å². The van der Waals surface area contributed by atoms with Crippen LogP contribution < -0.4 is 4.90 Å². The number of hydrogen-bond donors (Lipinski definition) is 1. The van der Waals surface area contributed by atoms with Gasteiger partial charge in [0.05, 0.1) is 30.1 Å². The molecule has 7 atom stereocenters. The maximum atomic E-state index is 15.0. The molecule has 3 unspecified atom stereocenters. The normalized spacial score (nSPS) is 30.0. The highest BCUT2D eigenvalue weighted by Crippen LogP contribution is 2.66. The Balaban J connectivity index is 1.66. The van der Waals surface area contributed by atoms with Crippen LogP contribution in [0.15, 0.2) is 67.8 Å². The smallest absolute Gasteiger partial charge is 0.253 e. The zero-order valence-electron chi connectivity index (χ0n) is 26.0. The first-order chi connectivity index (χ1) is 20.4. The lowest BCUT2D eigenvalue weighted by Gasteiger charge is -2.40. The standard InChI is InChI=1S/C35H45N3O5/c1-8-16-36(7)31(40)28-29-32(41)38(27(21-39)18-22(3)4)30(35(29)20-23(5)34(28,6)43-35)33(42)37(17-9-2)26-15-14-24-12-10-11-13-25(24)19-26/h8-15,19,22-23,27-30,39H,1-2,16-18,20-21H2,3-7H3/t23?,27-,28-,29+,30?,34+,35?/m1/s1. The van der Waals surface area contributed by atoms with Crippen LogP contribution in [0.2, 0.25) is 0 Å². The van der Waals surface area contributed by atoms with Gasteiger partial charge in [-0.05, 0) is 54.5 Å². The van der Waals surface area contributed by atoms with Gasteiger partial charge >= 0.3 is 0 Å². The summed E-state index contributed by atoms with van der Waals surface area (Å²) in [7, 11) is 1.71. The predicted molar refractivity (Wildman–Crippen MR) is 168 cm³/mol. The molecule has 5 rings (SSSR count). The first-order valence-electron chi connectivity index (χ1n) is 15.3. The number of fused-ring (bicyclic) bond motifs is 2. The van der Waals surface area contributed by atoms with E-state index in [1.54, 1.807) is 33.9 Å². The minimum absolute atomic E-state index is 0.0796. The monoisotopic (exact) mass is 587 g/mol. The number of anilines is 1. The zero-order chi connectivity index (χ0) is 31.3. The maximum Gasteiger partial charge on any atom is 0.253 e. The Morgan fingerprint density at radius 2 is 1.79 bits per heavy atom. The van der Waals surface area contributed by atoms with Crippen molar-refractivity contribution in [1.82, 2.24) is 9.80 Å². The molecular formula is C35H45N3O5. The third-order valence-corrected chi connectivity index (χ3v) is 10.0. The Hall–Kier alpha value is -3.49. The lowest BCUT2D eigenvalue weighted by atomic mass is 9.62. The summed E-state index contributed by atoms with van der Waals surface area (Å²) in [6.07, 6.45) is 4.30. The molecule has 2 aromatic rings. The number of aliphatic hydroxyl groups is 1. The summed E-state index contributed by atoms with van der Waals surface area (Å²) < 4.78 is 6.92. The fourth-order valence-corrected chi connectivity index (χ4v) is 8.01. The van der Waals surface area contributed by atoms with Crippen molar-refractivity contribution < 1.29 is 24.2 Å². The lowest BCUT2D eigenvalue weighted by molar-refractivity contribution is -0.153. The van der Waals surface area contributed by atoms with E-state index in [1.807, 2.05) is 70.2 Å². The van der Waals surface area contributed by atoms with Crippen LogP contribution in [0.5, 0.6) is 0 Å². The van der Waals surface area contributed by atoms with Gasteiger partial charge in [0, 0.05) is 25.8 Å². The van der Waals surface area contributed by atoms with Crippen molar-refractivity contribution in [3.8, 4) is 0 Å². The van der Waals surface area contributed by atoms with Crippen LogP contribution in [-0.4, -0.2) is 82.7 Å². The molecule has 3 saturated heterocycles. The summed E-state index contributed by atoms with van der Waals surface area (Å²) in [5.74, 6) is -2.30. The Labute approximate surface area is 255 Å². The highest BCUT2D eigenvalue weighted by molar-refractivity contribution is 6.06. The summed E-state index contributed by atoms with van der Waals surface area (Å²) in [5, 5.41) is 12.7. The van der Waals surface area contributed by atoms with Gasteiger partial charge in [-0.1, -0.05) is 63.3 Å². The van der Waals surface area contributed by atoms with Crippen molar-refractivity contribution in [2.24, 2.45) is 23.7 Å². The quantitative estimate of drug-likeness (QED) is 0.393. The Bertz CT molecular complexity index is 1440. The summed E-state index contributed by atoms with van der Waals surface area (Å²) >= 11 is 0. The highest BCUT2D eigenvalue weighted by atomic mass is 16.5. The van der Waals surface area contributed by atoms with Gasteiger partial charge in [0.15, 0.2) is 0 Å². The number of benzene rings is 2. The van der Waals surface area contributed by atoms with E-state index < -0.39 is 35.1 Å². The molecule has 43 heavy (non-hydrogen) atoms. The maximum absolute atomic E-state index is 15.0. The third kappa shape index (κ3) is 4.79. The molecule has 3 aliphatic rings. The molecule has 1 N–H and O–H groups in total. The Kier molecular flexibility index (Phi) is 8.31. The molecule has 1 spiro atoms. The zero-order valence-corrected chi connectivity index (χ0v) is 26.0. The van der Waals surface area contributed by atoms with Crippen molar-refractivity contribution >= 4 is 34.2 Å². The summed E-state index contributed by atoms with van der Waals surface area (Å²) in [6, 6.07) is 12.2. The van der Waals surface area contributed by atoms with E-state index in [4.69, 9.17) is 4.74 Å². The molecule has 3 fully saturated rings. The van der Waals surface area contributed by atoms with Gasteiger partial charge in [-0.2, -0.15) is 0 Å². The van der Waals surface area contributed by atoms with E-state index in [0.29, 0.717) is 25.1 Å². The number of ether oxygens (including phenoxy) is 1. The van der Waals surface area contributed by atoms with Crippen LogP contribution in [0.25, 0.3) is 10.8 Å². The molecule has 2 aromatic carbocycles. The summed E-state index contributed by atoms with van der Waals surface area (Å²) in [6.45, 7) is 16.0. The minimum atomic E-state index is -1.21. The molecule has 0 aromatic heterocycles. The molecule has 0 radical (unpaired) electrons. The molecule has 8 nitrogen and oxygen atoms in total. The molecule has 0 saturated carbocycles. The van der Waals surface area contributed by atoms with E-state index in [1.165, 1.54) is 0 Å². The molecule has 8 heteroatoms. The van der Waals surface area contributed by atoms with Crippen molar-refractivity contribution in [2.45, 2.75) is 63.8 Å². The minimum Gasteiger partial charge on any atom is -0.394 e. The van der Waals surface area contributed by atoms with Crippen LogP contribution in [0.4, 0.5) is 5.69 Å². The number of amides is 3. The topological polar surface area (TPSA) is 90.4 Å². The Morgan fingerprint density at radius 1 is 1.12 bits per heavy atom. The van der Waals surface area contributed by atoms with Crippen LogP contribution in [0.3, 0.4) is 0 Å². The second-order valence-electron chi connectivity index (χ2n) is 13.2. The molecular weight excluding hydrogens is 542 g/mol. The van der Waals surface area contributed by atoms with Crippen molar-refractivity contribution in [3.05, 3.63) is 67.8 Å². The van der Waals surface area contributed by atoms with E-state index in [9.17, 15) is 19.5 Å². The number of likely N-dealkylation sites (N-methyl/N-ethyl adjacent to an activating group) is 1. The molecule has 2 bridgehead atoms. The number of carbonyl (C=O) groups is 3. The third-order valence-electron chi connectivity index (χ3n) is 10.0. The number of likely N-dealkylation sites (tertiary alicyclic amines) is 1. The number of hydrogen-bond acceptors (Lipinski definition) is 5. The summed E-state index contributed by atoms with van der Waals surface area (Å²) in [5.41, 5.74) is -1.44. The van der Waals surface area contributed by atoms with Gasteiger partial charge in [-0.25, -0.2) is 0 Å². The second-order valence-corrected chi connectivity index (χ2v) is 13.2. The van der Waals surface area contributed by atoms with E-state index in [2.05, 4.69) is 13.2 Å². The van der Waals surface area contributed by atoms with Crippen molar-refractivity contribution in [1.29, 1.82) is 0 Å². The molecule has 3 heterocycles.